The number of ether oxygens (including phenoxy) is 1. The molecule has 122 valence electrons. The zero-order valence-corrected chi connectivity index (χ0v) is 14.5. The average molecular weight is 325 g/mol. The third-order valence-corrected chi connectivity index (χ3v) is 6.00. The number of carbonyl (C=O) groups is 2. The summed E-state index contributed by atoms with van der Waals surface area (Å²) in [5, 5.41) is 12.5. The first-order chi connectivity index (χ1) is 10.2. The SMILES string of the molecule is CCOC1CC(NC(=O)c2cc(C)c(C)s2)(C(=O)O)C1(C)C. The van der Waals surface area contributed by atoms with Crippen molar-refractivity contribution in [1.82, 2.24) is 5.32 Å². The van der Waals surface area contributed by atoms with E-state index in [4.69, 9.17) is 4.74 Å². The Morgan fingerprint density at radius 2 is 2.09 bits per heavy atom. The molecule has 1 aliphatic carbocycles. The van der Waals surface area contributed by atoms with Gasteiger partial charge in [0.05, 0.1) is 11.0 Å². The minimum atomic E-state index is -1.28. The minimum Gasteiger partial charge on any atom is -0.479 e. The molecule has 0 saturated heterocycles. The number of aryl methyl sites for hydroxylation is 2. The lowest BCUT2D eigenvalue weighted by Gasteiger charge is -2.58. The Hall–Kier alpha value is -1.40. The number of hydrogen-bond donors (Lipinski definition) is 2. The molecule has 1 aromatic rings. The fourth-order valence-corrected chi connectivity index (χ4v) is 3.91. The summed E-state index contributed by atoms with van der Waals surface area (Å²) in [4.78, 5) is 25.9. The number of carbonyl (C=O) groups excluding carboxylic acids is 1. The summed E-state index contributed by atoms with van der Waals surface area (Å²) in [7, 11) is 0. The van der Waals surface area contributed by atoms with Crippen molar-refractivity contribution in [1.29, 1.82) is 0 Å². The van der Waals surface area contributed by atoms with E-state index in [9.17, 15) is 14.7 Å². The third-order valence-electron chi connectivity index (χ3n) is 4.85. The zero-order valence-electron chi connectivity index (χ0n) is 13.6. The molecular weight excluding hydrogens is 302 g/mol. The third kappa shape index (κ3) is 2.44. The van der Waals surface area contributed by atoms with Gasteiger partial charge in [-0.05, 0) is 32.4 Å². The second kappa shape index (κ2) is 5.66. The average Bonchev–Trinajstić information content (AvgIpc) is 2.76. The maximum Gasteiger partial charge on any atom is 0.330 e. The number of nitrogens with one attached hydrogen (secondary N) is 1. The molecular formula is C16H23NO4S. The number of aliphatic carboxylic acids is 1. The van der Waals surface area contributed by atoms with Gasteiger partial charge in [0.15, 0.2) is 0 Å². The first-order valence-electron chi connectivity index (χ1n) is 7.40. The molecule has 0 bridgehead atoms. The highest BCUT2D eigenvalue weighted by Gasteiger charge is 2.66. The van der Waals surface area contributed by atoms with E-state index in [1.807, 2.05) is 34.6 Å². The lowest BCUT2D eigenvalue weighted by atomic mass is 9.54. The lowest BCUT2D eigenvalue weighted by molar-refractivity contribution is -0.190. The molecule has 1 amide bonds. The predicted octanol–water partition coefficient (Wildman–Crippen LogP) is 2.75. The Kier molecular flexibility index (Phi) is 4.37. The van der Waals surface area contributed by atoms with Gasteiger partial charge in [0.25, 0.3) is 5.91 Å². The summed E-state index contributed by atoms with van der Waals surface area (Å²) < 4.78 is 5.60. The van der Waals surface area contributed by atoms with Gasteiger partial charge in [-0.2, -0.15) is 0 Å². The van der Waals surface area contributed by atoms with E-state index < -0.39 is 16.9 Å². The zero-order chi connectivity index (χ0) is 16.7. The molecule has 1 saturated carbocycles. The number of amides is 1. The molecule has 0 radical (unpaired) electrons. The summed E-state index contributed by atoms with van der Waals surface area (Å²) in [6.07, 6.45) is 0.124. The fraction of sp³-hybridized carbons (Fsp3) is 0.625. The van der Waals surface area contributed by atoms with Crippen LogP contribution in [0, 0.1) is 19.3 Å². The molecule has 2 atom stereocenters. The molecule has 2 unspecified atom stereocenters. The number of thiophene rings is 1. The topological polar surface area (TPSA) is 75.6 Å². The van der Waals surface area contributed by atoms with E-state index in [-0.39, 0.29) is 18.4 Å². The van der Waals surface area contributed by atoms with Gasteiger partial charge in [-0.15, -0.1) is 11.3 Å². The molecule has 5 nitrogen and oxygen atoms in total. The predicted molar refractivity (Wildman–Crippen MR) is 85.4 cm³/mol. The van der Waals surface area contributed by atoms with Crippen molar-refractivity contribution >= 4 is 23.2 Å². The molecule has 1 aromatic heterocycles. The highest BCUT2D eigenvalue weighted by Crippen LogP contribution is 2.51. The smallest absolute Gasteiger partial charge is 0.330 e. The van der Waals surface area contributed by atoms with Gasteiger partial charge < -0.3 is 15.2 Å². The van der Waals surface area contributed by atoms with Crippen LogP contribution in [0.25, 0.3) is 0 Å². The van der Waals surface area contributed by atoms with Crippen LogP contribution in [0.4, 0.5) is 0 Å². The van der Waals surface area contributed by atoms with E-state index in [1.165, 1.54) is 11.3 Å². The van der Waals surface area contributed by atoms with E-state index >= 15 is 0 Å². The van der Waals surface area contributed by atoms with E-state index in [0.717, 1.165) is 10.4 Å². The van der Waals surface area contributed by atoms with Crippen molar-refractivity contribution in [2.45, 2.75) is 52.7 Å². The molecule has 1 heterocycles. The van der Waals surface area contributed by atoms with Crippen LogP contribution in [0.5, 0.6) is 0 Å². The van der Waals surface area contributed by atoms with E-state index in [2.05, 4.69) is 5.32 Å². The van der Waals surface area contributed by atoms with Crippen molar-refractivity contribution in [3.05, 3.63) is 21.4 Å². The molecule has 6 heteroatoms. The minimum absolute atomic E-state index is 0.166. The normalized spacial score (nSPS) is 26.3. The lowest BCUT2D eigenvalue weighted by Crippen LogP contribution is -2.76. The van der Waals surface area contributed by atoms with Crippen LogP contribution in [0.1, 0.15) is 47.3 Å². The number of carboxylic acid groups (broad SMARTS) is 1. The molecule has 0 aliphatic heterocycles. The monoisotopic (exact) mass is 325 g/mol. The second-order valence-electron chi connectivity index (χ2n) is 6.38. The van der Waals surface area contributed by atoms with Crippen molar-refractivity contribution < 1.29 is 19.4 Å². The maximum atomic E-state index is 12.5. The van der Waals surface area contributed by atoms with E-state index in [1.54, 1.807) is 6.07 Å². The maximum absolute atomic E-state index is 12.5. The Morgan fingerprint density at radius 1 is 1.45 bits per heavy atom. The first kappa shape index (κ1) is 17.0. The van der Waals surface area contributed by atoms with Gasteiger partial charge in [-0.25, -0.2) is 4.79 Å². The summed E-state index contributed by atoms with van der Waals surface area (Å²) >= 11 is 1.38. The number of hydrogen-bond acceptors (Lipinski definition) is 4. The Bertz CT molecular complexity index is 588. The largest absolute Gasteiger partial charge is 0.479 e. The van der Waals surface area contributed by atoms with Crippen LogP contribution >= 0.6 is 11.3 Å². The van der Waals surface area contributed by atoms with Gasteiger partial charge in [-0.3, -0.25) is 4.79 Å². The first-order valence-corrected chi connectivity index (χ1v) is 8.22. The highest BCUT2D eigenvalue weighted by molar-refractivity contribution is 7.14. The van der Waals surface area contributed by atoms with Crippen molar-refractivity contribution in [3.8, 4) is 0 Å². The molecule has 22 heavy (non-hydrogen) atoms. The summed E-state index contributed by atoms with van der Waals surface area (Å²) in [6, 6.07) is 1.80. The van der Waals surface area contributed by atoms with Crippen LogP contribution in [-0.2, 0) is 9.53 Å². The van der Waals surface area contributed by atoms with Crippen LogP contribution in [0.15, 0.2) is 6.07 Å². The fourth-order valence-electron chi connectivity index (χ4n) is 2.98. The highest BCUT2D eigenvalue weighted by atomic mass is 32.1. The van der Waals surface area contributed by atoms with Crippen LogP contribution in [0.2, 0.25) is 0 Å². The Morgan fingerprint density at radius 3 is 2.50 bits per heavy atom. The Balaban J connectivity index is 2.24. The van der Waals surface area contributed by atoms with Crippen molar-refractivity contribution in [2.75, 3.05) is 6.61 Å². The van der Waals surface area contributed by atoms with Gasteiger partial charge in [0.1, 0.15) is 5.54 Å². The standard InChI is InChI=1S/C16H23NO4S/c1-6-21-12-8-16(14(19)20,15(12,4)5)17-13(18)11-7-9(2)10(3)22-11/h7,12H,6,8H2,1-5H3,(H,17,18)(H,19,20). The van der Waals surface area contributed by atoms with Gasteiger partial charge in [-0.1, -0.05) is 13.8 Å². The molecule has 0 spiro atoms. The summed E-state index contributed by atoms with van der Waals surface area (Å²) in [6.45, 7) is 9.95. The molecule has 2 rings (SSSR count). The van der Waals surface area contributed by atoms with E-state index in [0.29, 0.717) is 11.5 Å². The quantitative estimate of drug-likeness (QED) is 0.873. The summed E-state index contributed by atoms with van der Waals surface area (Å²) in [5.74, 6) is -1.33. The van der Waals surface area contributed by atoms with Crippen molar-refractivity contribution in [3.63, 3.8) is 0 Å². The van der Waals surface area contributed by atoms with Crippen LogP contribution in [0.3, 0.4) is 0 Å². The van der Waals surface area contributed by atoms with Gasteiger partial charge >= 0.3 is 5.97 Å². The molecule has 1 aliphatic rings. The van der Waals surface area contributed by atoms with Crippen LogP contribution in [-0.4, -0.2) is 35.2 Å². The van der Waals surface area contributed by atoms with Gasteiger partial charge in [0.2, 0.25) is 0 Å². The number of carboxylic acids is 1. The van der Waals surface area contributed by atoms with Crippen molar-refractivity contribution in [2.24, 2.45) is 5.41 Å². The number of rotatable bonds is 5. The summed E-state index contributed by atoms with van der Waals surface area (Å²) in [5.41, 5.74) is -0.902. The molecule has 0 aromatic carbocycles. The van der Waals surface area contributed by atoms with Crippen LogP contribution < -0.4 is 5.32 Å². The second-order valence-corrected chi connectivity index (χ2v) is 7.64. The molecule has 2 N–H and O–H groups in total. The molecule has 1 fully saturated rings. The Labute approximate surface area is 134 Å². The van der Waals surface area contributed by atoms with Gasteiger partial charge in [0, 0.05) is 23.3 Å².